The highest BCUT2D eigenvalue weighted by Crippen LogP contribution is 2.31. The van der Waals surface area contributed by atoms with Crippen LogP contribution in [0.3, 0.4) is 0 Å². The Bertz CT molecular complexity index is 1430. The highest BCUT2D eigenvalue weighted by Gasteiger charge is 2.49. The van der Waals surface area contributed by atoms with E-state index in [2.05, 4.69) is 5.32 Å². The van der Waals surface area contributed by atoms with Crippen molar-refractivity contribution in [2.45, 2.75) is 32.9 Å². The fourth-order valence-corrected chi connectivity index (χ4v) is 4.65. The van der Waals surface area contributed by atoms with E-state index in [9.17, 15) is 14.4 Å². The molecular weight excluding hydrogens is 430 g/mol. The molecule has 0 unspecified atom stereocenters. The first-order valence-electron chi connectivity index (χ1n) is 11.1. The molecule has 7 heteroatoms. The van der Waals surface area contributed by atoms with E-state index in [0.29, 0.717) is 17.7 Å². The van der Waals surface area contributed by atoms with Gasteiger partial charge in [-0.3, -0.25) is 14.5 Å². The van der Waals surface area contributed by atoms with Crippen LogP contribution in [0.2, 0.25) is 0 Å². The summed E-state index contributed by atoms with van der Waals surface area (Å²) in [6.07, 6.45) is 1.61. The molecule has 5 rings (SSSR count). The van der Waals surface area contributed by atoms with Crippen LogP contribution in [-0.2, 0) is 16.9 Å². The van der Waals surface area contributed by atoms with Gasteiger partial charge in [0.05, 0.1) is 19.4 Å². The molecule has 1 saturated heterocycles. The van der Waals surface area contributed by atoms with Gasteiger partial charge in [-0.05, 0) is 61.4 Å². The van der Waals surface area contributed by atoms with E-state index in [1.54, 1.807) is 19.3 Å². The Morgan fingerprint density at radius 3 is 2.50 bits per heavy atom. The number of urea groups is 1. The van der Waals surface area contributed by atoms with Crippen LogP contribution in [0.4, 0.5) is 4.79 Å². The summed E-state index contributed by atoms with van der Waals surface area (Å²) in [4.78, 5) is 40.4. The van der Waals surface area contributed by atoms with E-state index < -0.39 is 17.5 Å². The standard InChI is InChI=1S/C27H25N3O4/c1-17-13-23(18(2)29(17)15-22-9-6-12-34-22)24(31)16-30-25(32)27(3,28-26(30)33)21-11-10-19-7-4-5-8-20(19)14-21/h4-14H,15-16H2,1-3H3,(H,28,33)/t27-/m0/s1. The third-order valence-corrected chi connectivity index (χ3v) is 6.67. The van der Waals surface area contributed by atoms with Gasteiger partial charge in [0.25, 0.3) is 5.91 Å². The molecule has 1 atom stereocenters. The number of Topliss-reactive ketones (excluding diaryl/α,β-unsaturated/α-hetero) is 1. The molecule has 0 radical (unpaired) electrons. The number of aromatic nitrogens is 1. The number of furan rings is 1. The fraction of sp³-hybridized carbons (Fsp3) is 0.222. The molecule has 2 aromatic carbocycles. The van der Waals surface area contributed by atoms with E-state index in [1.807, 2.05) is 73.0 Å². The molecule has 4 aromatic rings. The minimum Gasteiger partial charge on any atom is -0.467 e. The summed E-state index contributed by atoms with van der Waals surface area (Å²) < 4.78 is 7.42. The number of hydrogen-bond acceptors (Lipinski definition) is 4. The zero-order valence-electron chi connectivity index (χ0n) is 19.3. The quantitative estimate of drug-likeness (QED) is 0.342. The summed E-state index contributed by atoms with van der Waals surface area (Å²) >= 11 is 0. The fourth-order valence-electron chi connectivity index (χ4n) is 4.65. The number of hydrogen-bond donors (Lipinski definition) is 1. The lowest BCUT2D eigenvalue weighted by molar-refractivity contribution is -0.130. The topological polar surface area (TPSA) is 84.5 Å². The van der Waals surface area contributed by atoms with E-state index in [-0.39, 0.29) is 12.3 Å². The molecule has 0 aliphatic carbocycles. The van der Waals surface area contributed by atoms with Gasteiger partial charge in [0, 0.05) is 17.0 Å². The third-order valence-electron chi connectivity index (χ3n) is 6.67. The second kappa shape index (κ2) is 8.02. The highest BCUT2D eigenvalue weighted by atomic mass is 16.3. The first-order chi connectivity index (χ1) is 16.3. The van der Waals surface area contributed by atoms with Crippen molar-refractivity contribution in [2.75, 3.05) is 6.54 Å². The summed E-state index contributed by atoms with van der Waals surface area (Å²) in [6, 6.07) is 18.4. The van der Waals surface area contributed by atoms with Crippen molar-refractivity contribution in [1.82, 2.24) is 14.8 Å². The van der Waals surface area contributed by atoms with Gasteiger partial charge in [-0.15, -0.1) is 0 Å². The number of fused-ring (bicyclic) bond motifs is 1. The zero-order valence-corrected chi connectivity index (χ0v) is 19.3. The molecule has 1 aliphatic rings. The Morgan fingerprint density at radius 1 is 1.00 bits per heavy atom. The largest absolute Gasteiger partial charge is 0.467 e. The summed E-state index contributed by atoms with van der Waals surface area (Å²) in [6.45, 7) is 5.63. The molecule has 0 spiro atoms. The molecule has 1 fully saturated rings. The first kappa shape index (κ1) is 21.7. The van der Waals surface area contributed by atoms with Crippen molar-refractivity contribution >= 4 is 28.5 Å². The number of nitrogens with zero attached hydrogens (tertiary/aromatic N) is 2. The third kappa shape index (κ3) is 3.50. The average Bonchev–Trinajstić information content (AvgIpc) is 3.50. The molecule has 0 bridgehead atoms. The molecular formula is C27H25N3O4. The number of carbonyl (C=O) groups is 3. The van der Waals surface area contributed by atoms with Crippen LogP contribution >= 0.6 is 0 Å². The van der Waals surface area contributed by atoms with Crippen LogP contribution in [0.25, 0.3) is 10.8 Å². The SMILES string of the molecule is Cc1cc(C(=O)CN2C(=O)N[C@@](C)(c3ccc4ccccc4c3)C2=O)c(C)n1Cc1ccco1. The monoisotopic (exact) mass is 455 g/mol. The Balaban J connectivity index is 1.39. The molecule has 3 heterocycles. The number of ketones is 1. The second-order valence-electron chi connectivity index (χ2n) is 8.88. The van der Waals surface area contributed by atoms with E-state index >= 15 is 0 Å². The number of aryl methyl sites for hydroxylation is 1. The minimum atomic E-state index is -1.24. The van der Waals surface area contributed by atoms with Crippen LogP contribution in [-0.4, -0.2) is 33.7 Å². The number of imide groups is 1. The Labute approximate surface area is 197 Å². The second-order valence-corrected chi connectivity index (χ2v) is 8.88. The molecule has 172 valence electrons. The van der Waals surface area contributed by atoms with Gasteiger partial charge in [-0.2, -0.15) is 0 Å². The lowest BCUT2D eigenvalue weighted by atomic mass is 9.90. The summed E-state index contributed by atoms with van der Waals surface area (Å²) in [7, 11) is 0. The Hall–Kier alpha value is -4.13. The Kier molecular flexibility index (Phi) is 5.12. The van der Waals surface area contributed by atoms with E-state index in [1.165, 1.54) is 0 Å². The maximum absolute atomic E-state index is 13.4. The normalized spacial score (nSPS) is 18.0. The van der Waals surface area contributed by atoms with Gasteiger partial charge in [-0.1, -0.05) is 36.4 Å². The maximum atomic E-state index is 13.4. The predicted molar refractivity (Wildman–Crippen MR) is 128 cm³/mol. The van der Waals surface area contributed by atoms with Gasteiger partial charge < -0.3 is 14.3 Å². The number of rotatable bonds is 6. The average molecular weight is 456 g/mol. The lowest BCUT2D eigenvalue weighted by Gasteiger charge is -2.22. The maximum Gasteiger partial charge on any atom is 0.325 e. The van der Waals surface area contributed by atoms with Gasteiger partial charge in [0.2, 0.25) is 0 Å². The molecule has 0 saturated carbocycles. The van der Waals surface area contributed by atoms with Crippen molar-refractivity contribution < 1.29 is 18.8 Å². The summed E-state index contributed by atoms with van der Waals surface area (Å²) in [5.74, 6) is 0.0524. The van der Waals surface area contributed by atoms with Gasteiger partial charge in [0.15, 0.2) is 5.78 Å². The van der Waals surface area contributed by atoms with Crippen molar-refractivity contribution in [3.8, 4) is 0 Å². The predicted octanol–water partition coefficient (Wildman–Crippen LogP) is 4.55. The van der Waals surface area contributed by atoms with Gasteiger partial charge in [0.1, 0.15) is 11.3 Å². The molecule has 34 heavy (non-hydrogen) atoms. The van der Waals surface area contributed by atoms with Crippen molar-refractivity contribution in [3.63, 3.8) is 0 Å². The first-order valence-corrected chi connectivity index (χ1v) is 11.1. The summed E-state index contributed by atoms with van der Waals surface area (Å²) in [5, 5.41) is 4.82. The number of carbonyl (C=O) groups excluding carboxylic acids is 3. The van der Waals surface area contributed by atoms with Crippen LogP contribution < -0.4 is 5.32 Å². The molecule has 1 aliphatic heterocycles. The van der Waals surface area contributed by atoms with Crippen LogP contribution in [0.1, 0.15) is 40.0 Å². The highest BCUT2D eigenvalue weighted by molar-refractivity contribution is 6.11. The summed E-state index contributed by atoms with van der Waals surface area (Å²) in [5.41, 5.74) is 1.59. The lowest BCUT2D eigenvalue weighted by Crippen LogP contribution is -2.41. The van der Waals surface area contributed by atoms with Crippen molar-refractivity contribution in [3.05, 3.63) is 95.2 Å². The van der Waals surface area contributed by atoms with Crippen LogP contribution in [0.5, 0.6) is 0 Å². The molecule has 3 amide bonds. The number of amides is 3. The number of nitrogens with one attached hydrogen (secondary N) is 1. The van der Waals surface area contributed by atoms with Gasteiger partial charge in [-0.25, -0.2) is 4.79 Å². The molecule has 7 nitrogen and oxygen atoms in total. The van der Waals surface area contributed by atoms with Crippen molar-refractivity contribution in [2.24, 2.45) is 0 Å². The molecule has 1 N–H and O–H groups in total. The molecule has 2 aromatic heterocycles. The van der Waals surface area contributed by atoms with Crippen molar-refractivity contribution in [1.29, 1.82) is 0 Å². The van der Waals surface area contributed by atoms with Crippen LogP contribution in [0, 0.1) is 13.8 Å². The van der Waals surface area contributed by atoms with Gasteiger partial charge >= 0.3 is 6.03 Å². The Morgan fingerprint density at radius 2 is 1.76 bits per heavy atom. The minimum absolute atomic E-state index is 0.287. The van der Waals surface area contributed by atoms with E-state index in [0.717, 1.165) is 32.8 Å². The zero-order chi connectivity index (χ0) is 24.0. The van der Waals surface area contributed by atoms with E-state index in [4.69, 9.17) is 4.42 Å². The smallest absolute Gasteiger partial charge is 0.325 e. The number of benzene rings is 2. The van der Waals surface area contributed by atoms with Crippen LogP contribution in [0.15, 0.2) is 71.3 Å².